The fourth-order valence-corrected chi connectivity index (χ4v) is 5.31. The predicted molar refractivity (Wildman–Crippen MR) is 142 cm³/mol. The van der Waals surface area contributed by atoms with Gasteiger partial charge in [-0.25, -0.2) is 0 Å². The summed E-state index contributed by atoms with van der Waals surface area (Å²) in [6.45, 7) is 8.92. The maximum absolute atomic E-state index is 2.42. The molecule has 0 saturated heterocycles. The topological polar surface area (TPSA) is 7.12 Å². The van der Waals surface area contributed by atoms with E-state index in [1.807, 2.05) is 0 Å². The molecule has 0 atom stereocenters. The molecule has 1 aromatic heterocycles. The molecule has 5 rings (SSSR count). The van der Waals surface area contributed by atoms with Crippen molar-refractivity contribution < 1.29 is 4.57 Å². The first-order chi connectivity index (χ1) is 15.9. The van der Waals surface area contributed by atoms with Crippen LogP contribution in [0.15, 0.2) is 78.9 Å². The van der Waals surface area contributed by atoms with Gasteiger partial charge in [-0.15, -0.1) is 0 Å². The predicted octanol–water partition coefficient (Wildman–Crippen LogP) is 7.24. The molecule has 0 aliphatic heterocycles. The van der Waals surface area contributed by atoms with Crippen molar-refractivity contribution in [3.05, 3.63) is 101 Å². The van der Waals surface area contributed by atoms with Gasteiger partial charge in [0.1, 0.15) is 0 Å². The molecular formula is C31H31N2+. The first-order valence-electron chi connectivity index (χ1n) is 11.6. The second-order valence-electron chi connectivity index (χ2n) is 9.38. The second-order valence-corrected chi connectivity index (χ2v) is 9.38. The minimum Gasteiger partial charge on any atom is -0.377 e. The molecule has 0 saturated carbocycles. The zero-order valence-electron chi connectivity index (χ0n) is 20.4. The van der Waals surface area contributed by atoms with E-state index in [4.69, 9.17) is 0 Å². The highest BCUT2D eigenvalue weighted by atomic mass is 15.1. The largest absolute Gasteiger partial charge is 0.377 e. The fraction of sp³-hybridized carbons (Fsp3) is 0.194. The van der Waals surface area contributed by atoms with Crippen molar-refractivity contribution in [2.24, 2.45) is 0 Å². The first kappa shape index (κ1) is 21.2. The third-order valence-corrected chi connectivity index (χ3v) is 6.69. The molecule has 0 fully saturated rings. The van der Waals surface area contributed by atoms with Gasteiger partial charge in [-0.1, -0.05) is 48.0 Å². The summed E-state index contributed by atoms with van der Waals surface area (Å²) in [7, 11) is 4.21. The van der Waals surface area contributed by atoms with E-state index in [-0.39, 0.29) is 0 Å². The summed E-state index contributed by atoms with van der Waals surface area (Å²) in [6.07, 6.45) is 0. The average molecular weight is 432 g/mol. The summed E-state index contributed by atoms with van der Waals surface area (Å²) >= 11 is 0. The van der Waals surface area contributed by atoms with E-state index in [2.05, 4.69) is 130 Å². The molecule has 0 amide bonds. The molecule has 164 valence electrons. The Kier molecular flexibility index (Phi) is 5.17. The number of pyridine rings is 1. The molecule has 0 N–H and O–H groups in total. The van der Waals surface area contributed by atoms with Gasteiger partial charge >= 0.3 is 0 Å². The van der Waals surface area contributed by atoms with E-state index in [0.29, 0.717) is 0 Å². The molecule has 0 bridgehead atoms. The number of hydrogen-bond acceptors (Lipinski definition) is 1. The first-order valence-corrected chi connectivity index (χ1v) is 11.6. The normalized spacial score (nSPS) is 11.3. The van der Waals surface area contributed by atoms with Crippen LogP contribution in [0.25, 0.3) is 38.6 Å². The quantitative estimate of drug-likeness (QED) is 0.216. The van der Waals surface area contributed by atoms with Gasteiger partial charge < -0.3 is 4.90 Å². The van der Waals surface area contributed by atoms with Crippen molar-refractivity contribution in [2.75, 3.05) is 19.0 Å². The lowest BCUT2D eigenvalue weighted by Crippen LogP contribution is -2.33. The van der Waals surface area contributed by atoms with Crippen molar-refractivity contribution in [2.45, 2.75) is 27.7 Å². The Labute approximate surface area is 196 Å². The number of rotatable bonds is 3. The van der Waals surface area contributed by atoms with Gasteiger partial charge in [0, 0.05) is 49.6 Å². The molecule has 4 aromatic carbocycles. The zero-order valence-corrected chi connectivity index (χ0v) is 20.4. The van der Waals surface area contributed by atoms with E-state index >= 15 is 0 Å². The van der Waals surface area contributed by atoms with Crippen LogP contribution in [0.2, 0.25) is 0 Å². The summed E-state index contributed by atoms with van der Waals surface area (Å²) in [6, 6.07) is 28.9. The van der Waals surface area contributed by atoms with Gasteiger partial charge in [0.2, 0.25) is 16.7 Å². The van der Waals surface area contributed by atoms with Gasteiger partial charge in [-0.3, -0.25) is 0 Å². The monoisotopic (exact) mass is 431 g/mol. The van der Waals surface area contributed by atoms with Gasteiger partial charge in [0.25, 0.3) is 0 Å². The number of hydrogen-bond donors (Lipinski definition) is 0. The third kappa shape index (κ3) is 3.47. The minimum absolute atomic E-state index is 1.18. The highest BCUT2D eigenvalue weighted by Gasteiger charge is 2.26. The smallest absolute Gasteiger partial charge is 0.221 e. The van der Waals surface area contributed by atoms with Crippen molar-refractivity contribution in [1.82, 2.24) is 0 Å². The zero-order chi connectivity index (χ0) is 23.3. The summed E-state index contributed by atoms with van der Waals surface area (Å²) in [5, 5.41) is 2.60. The Morgan fingerprint density at radius 2 is 1.30 bits per heavy atom. The molecule has 33 heavy (non-hydrogen) atoms. The Hall–Kier alpha value is -3.65. The Balaban J connectivity index is 2.07. The third-order valence-electron chi connectivity index (χ3n) is 6.69. The number of fused-ring (bicyclic) bond motifs is 2. The van der Waals surface area contributed by atoms with Crippen molar-refractivity contribution in [3.8, 4) is 16.8 Å². The van der Waals surface area contributed by atoms with Crippen LogP contribution in [-0.4, -0.2) is 14.1 Å². The Morgan fingerprint density at radius 1 is 0.606 bits per heavy atom. The van der Waals surface area contributed by atoms with Crippen LogP contribution < -0.4 is 9.47 Å². The van der Waals surface area contributed by atoms with Gasteiger partial charge in [0.15, 0.2) is 0 Å². The van der Waals surface area contributed by atoms with Crippen LogP contribution in [0.5, 0.6) is 0 Å². The van der Waals surface area contributed by atoms with E-state index in [0.717, 1.165) is 0 Å². The van der Waals surface area contributed by atoms with Crippen LogP contribution in [0.1, 0.15) is 22.3 Å². The van der Waals surface area contributed by atoms with Crippen LogP contribution in [0.3, 0.4) is 0 Å². The molecule has 0 aliphatic rings. The molecule has 0 unspecified atom stereocenters. The highest BCUT2D eigenvalue weighted by molar-refractivity contribution is 6.10. The summed E-state index contributed by atoms with van der Waals surface area (Å²) in [5.41, 5.74) is 12.8. The molecular weight excluding hydrogens is 400 g/mol. The second kappa shape index (κ2) is 8.04. The van der Waals surface area contributed by atoms with Crippen LogP contribution >= 0.6 is 0 Å². The molecule has 0 aliphatic carbocycles. The molecule has 2 nitrogen and oxygen atoms in total. The van der Waals surface area contributed by atoms with Crippen LogP contribution in [-0.2, 0) is 0 Å². The summed E-state index contributed by atoms with van der Waals surface area (Å²) in [4.78, 5) is 2.18. The highest BCUT2D eigenvalue weighted by Crippen LogP contribution is 2.40. The van der Waals surface area contributed by atoms with Crippen molar-refractivity contribution >= 4 is 27.5 Å². The average Bonchev–Trinajstić information content (AvgIpc) is 2.78. The number of nitrogens with zero attached hydrogens (tertiary/aromatic N) is 2. The number of para-hydroxylation sites is 1. The number of aryl methyl sites for hydroxylation is 4. The fourth-order valence-electron chi connectivity index (χ4n) is 5.31. The molecule has 5 aromatic rings. The van der Waals surface area contributed by atoms with E-state index in [1.165, 1.54) is 66.6 Å². The maximum atomic E-state index is 2.42. The number of aromatic nitrogens is 1. The lowest BCUT2D eigenvalue weighted by molar-refractivity contribution is -0.537. The molecule has 2 heteroatoms. The van der Waals surface area contributed by atoms with E-state index in [1.54, 1.807) is 0 Å². The molecule has 1 heterocycles. The van der Waals surface area contributed by atoms with Crippen molar-refractivity contribution in [3.63, 3.8) is 0 Å². The number of benzene rings is 4. The van der Waals surface area contributed by atoms with Gasteiger partial charge in [-0.05, 0) is 62.1 Å². The summed E-state index contributed by atoms with van der Waals surface area (Å²) < 4.78 is 2.42. The van der Waals surface area contributed by atoms with E-state index in [9.17, 15) is 0 Å². The van der Waals surface area contributed by atoms with Crippen LogP contribution in [0, 0.1) is 27.7 Å². The SMILES string of the molecule is Cc1cc(C)c(-c2c3ccc(N(C)C)cc3[n+](-c3ccccc3)c3cccc(C)c23)c(C)c1. The molecule has 0 radical (unpaired) electrons. The molecule has 0 spiro atoms. The Bertz CT molecular complexity index is 1490. The lowest BCUT2D eigenvalue weighted by Gasteiger charge is -2.19. The Morgan fingerprint density at radius 3 is 1.97 bits per heavy atom. The number of anilines is 1. The van der Waals surface area contributed by atoms with Gasteiger partial charge in [0.05, 0.1) is 10.8 Å². The maximum Gasteiger partial charge on any atom is 0.221 e. The van der Waals surface area contributed by atoms with Gasteiger partial charge in [-0.2, -0.15) is 4.57 Å². The van der Waals surface area contributed by atoms with Crippen LogP contribution in [0.4, 0.5) is 5.69 Å². The standard InChI is InChI=1S/C31H31N2/c1-20-17-22(3)29(23(4)18-20)31-26-16-15-25(32(5)6)19-28(26)33(24-12-8-7-9-13-24)27-14-10-11-21(2)30(27)31/h7-19H,1-6H3/q+1. The minimum atomic E-state index is 1.18. The van der Waals surface area contributed by atoms with Crippen molar-refractivity contribution in [1.29, 1.82) is 0 Å². The van der Waals surface area contributed by atoms with E-state index < -0.39 is 0 Å². The lowest BCUT2D eigenvalue weighted by atomic mass is 9.87. The summed E-state index contributed by atoms with van der Waals surface area (Å²) in [5.74, 6) is 0.